The zero-order chi connectivity index (χ0) is 13.9. The van der Waals surface area contributed by atoms with Gasteiger partial charge in [0.1, 0.15) is 0 Å². The van der Waals surface area contributed by atoms with E-state index < -0.39 is 0 Å². The minimum Gasteiger partial charge on any atom is -0.361 e. The number of rotatable bonds is 5. The van der Waals surface area contributed by atoms with Gasteiger partial charge in [-0.1, -0.05) is 23.4 Å². The monoisotopic (exact) mass is 269 g/mol. The maximum Gasteiger partial charge on any atom is 0.150 e. The van der Waals surface area contributed by atoms with Crippen LogP contribution < -0.4 is 0 Å². The molecule has 0 radical (unpaired) electrons. The molecule has 0 spiro atoms. The lowest BCUT2D eigenvalue weighted by molar-refractivity contribution is 0.274. The summed E-state index contributed by atoms with van der Waals surface area (Å²) in [6, 6.07) is 10.4. The summed E-state index contributed by atoms with van der Waals surface area (Å²) in [5.74, 6) is 0.920. The van der Waals surface area contributed by atoms with Gasteiger partial charge in [-0.3, -0.25) is 4.90 Å². The second-order valence-electron chi connectivity index (χ2n) is 5.28. The fourth-order valence-corrected chi connectivity index (χ4v) is 2.49. The predicted molar refractivity (Wildman–Crippen MR) is 79.6 cm³/mol. The fraction of sp³-hybridized carbons (Fsp3) is 0.312. The van der Waals surface area contributed by atoms with E-state index in [2.05, 4.69) is 52.6 Å². The molecule has 0 fully saturated rings. The maximum absolute atomic E-state index is 5.24. The smallest absolute Gasteiger partial charge is 0.150 e. The number of hydrogen-bond acceptors (Lipinski definition) is 3. The van der Waals surface area contributed by atoms with E-state index in [1.54, 1.807) is 0 Å². The summed E-state index contributed by atoms with van der Waals surface area (Å²) in [5, 5.41) is 5.23. The van der Waals surface area contributed by atoms with Crippen LogP contribution in [0.4, 0.5) is 0 Å². The zero-order valence-corrected chi connectivity index (χ0v) is 11.9. The number of aryl methyl sites for hydroxylation is 1. The van der Waals surface area contributed by atoms with Crippen molar-refractivity contribution in [1.29, 1.82) is 0 Å². The van der Waals surface area contributed by atoms with Crippen molar-refractivity contribution in [3.63, 3.8) is 0 Å². The lowest BCUT2D eigenvalue weighted by Gasteiger charge is -2.14. The molecule has 0 aliphatic rings. The van der Waals surface area contributed by atoms with Crippen molar-refractivity contribution in [2.75, 3.05) is 13.6 Å². The first kappa shape index (κ1) is 12.9. The molecular weight excluding hydrogens is 250 g/mol. The number of nitrogens with one attached hydrogen (secondary N) is 1. The number of benzene rings is 1. The molecule has 4 heteroatoms. The average molecular weight is 269 g/mol. The molecule has 1 aromatic carbocycles. The van der Waals surface area contributed by atoms with Crippen molar-refractivity contribution in [2.24, 2.45) is 0 Å². The Bertz CT molecular complexity index is 698. The Morgan fingerprint density at radius 3 is 2.95 bits per heavy atom. The van der Waals surface area contributed by atoms with E-state index >= 15 is 0 Å². The van der Waals surface area contributed by atoms with Crippen LogP contribution in [0.1, 0.15) is 17.0 Å². The van der Waals surface area contributed by atoms with Gasteiger partial charge in [-0.05, 0) is 32.0 Å². The van der Waals surface area contributed by atoms with Crippen LogP contribution >= 0.6 is 0 Å². The third-order valence-corrected chi connectivity index (χ3v) is 3.54. The van der Waals surface area contributed by atoms with Crippen molar-refractivity contribution in [3.8, 4) is 0 Å². The van der Waals surface area contributed by atoms with Crippen LogP contribution in [0, 0.1) is 6.92 Å². The lowest BCUT2D eigenvalue weighted by Crippen LogP contribution is -2.20. The normalized spacial score (nSPS) is 11.6. The molecule has 3 rings (SSSR count). The molecule has 0 atom stereocenters. The van der Waals surface area contributed by atoms with Crippen molar-refractivity contribution >= 4 is 10.9 Å². The SMILES string of the molecule is Cc1cc(CN(C)CCc2c[nH]c3ccccc23)on1. The molecular formula is C16H19N3O. The first-order valence-electron chi connectivity index (χ1n) is 6.88. The highest BCUT2D eigenvalue weighted by atomic mass is 16.5. The quantitative estimate of drug-likeness (QED) is 0.774. The van der Waals surface area contributed by atoms with Crippen molar-refractivity contribution in [1.82, 2.24) is 15.0 Å². The van der Waals surface area contributed by atoms with Gasteiger partial charge in [-0.15, -0.1) is 0 Å². The van der Waals surface area contributed by atoms with Gasteiger partial charge in [0.05, 0.1) is 12.2 Å². The molecule has 0 saturated carbocycles. The summed E-state index contributed by atoms with van der Waals surface area (Å²) in [7, 11) is 2.10. The van der Waals surface area contributed by atoms with Gasteiger partial charge < -0.3 is 9.51 Å². The number of hydrogen-bond donors (Lipinski definition) is 1. The molecule has 2 aromatic heterocycles. The van der Waals surface area contributed by atoms with Crippen LogP contribution in [0.15, 0.2) is 41.1 Å². The van der Waals surface area contributed by atoms with Gasteiger partial charge in [0.2, 0.25) is 0 Å². The summed E-state index contributed by atoms with van der Waals surface area (Å²) in [6.45, 7) is 3.73. The van der Waals surface area contributed by atoms with Crippen LogP contribution in [0.5, 0.6) is 0 Å². The van der Waals surface area contributed by atoms with Crippen LogP contribution in [0.25, 0.3) is 10.9 Å². The highest BCUT2D eigenvalue weighted by Gasteiger charge is 2.07. The molecule has 104 valence electrons. The highest BCUT2D eigenvalue weighted by molar-refractivity contribution is 5.83. The van der Waals surface area contributed by atoms with E-state index in [0.29, 0.717) is 0 Å². The standard InChI is InChI=1S/C16H19N3O/c1-12-9-14(20-18-12)11-19(2)8-7-13-10-17-16-6-4-3-5-15(13)16/h3-6,9-10,17H,7-8,11H2,1-2H3. The van der Waals surface area contributed by atoms with Crippen LogP contribution in [0.3, 0.4) is 0 Å². The molecule has 3 aromatic rings. The molecule has 1 N–H and O–H groups in total. The molecule has 0 saturated heterocycles. The van der Waals surface area contributed by atoms with E-state index in [1.807, 2.05) is 13.0 Å². The van der Waals surface area contributed by atoms with E-state index in [1.165, 1.54) is 16.5 Å². The van der Waals surface area contributed by atoms with Gasteiger partial charge in [-0.2, -0.15) is 0 Å². The number of likely N-dealkylation sites (N-methyl/N-ethyl adjacent to an activating group) is 1. The van der Waals surface area contributed by atoms with E-state index in [4.69, 9.17) is 4.52 Å². The topological polar surface area (TPSA) is 45.1 Å². The first-order valence-corrected chi connectivity index (χ1v) is 6.88. The summed E-state index contributed by atoms with van der Waals surface area (Å²) in [5.41, 5.74) is 3.50. The minimum absolute atomic E-state index is 0.795. The van der Waals surface area contributed by atoms with Crippen molar-refractivity contribution in [2.45, 2.75) is 19.9 Å². The van der Waals surface area contributed by atoms with Gasteiger partial charge >= 0.3 is 0 Å². The summed E-state index contributed by atoms with van der Waals surface area (Å²) in [6.07, 6.45) is 3.13. The number of aromatic amines is 1. The molecule has 0 aliphatic carbocycles. The van der Waals surface area contributed by atoms with E-state index in [-0.39, 0.29) is 0 Å². The second-order valence-corrected chi connectivity index (χ2v) is 5.28. The molecule has 0 unspecified atom stereocenters. The second kappa shape index (κ2) is 5.51. The van der Waals surface area contributed by atoms with Crippen LogP contribution in [-0.4, -0.2) is 28.6 Å². The number of nitrogens with zero attached hydrogens (tertiary/aromatic N) is 2. The summed E-state index contributed by atoms with van der Waals surface area (Å²) < 4.78 is 5.24. The van der Waals surface area contributed by atoms with Crippen LogP contribution in [-0.2, 0) is 13.0 Å². The van der Waals surface area contributed by atoms with E-state index in [9.17, 15) is 0 Å². The Morgan fingerprint density at radius 2 is 2.15 bits per heavy atom. The molecule has 0 amide bonds. The van der Waals surface area contributed by atoms with Crippen molar-refractivity contribution < 1.29 is 4.52 Å². The fourth-order valence-electron chi connectivity index (χ4n) is 2.49. The van der Waals surface area contributed by atoms with Gasteiger partial charge in [0.25, 0.3) is 0 Å². The van der Waals surface area contributed by atoms with Gasteiger partial charge in [-0.25, -0.2) is 0 Å². The lowest BCUT2D eigenvalue weighted by atomic mass is 10.1. The highest BCUT2D eigenvalue weighted by Crippen LogP contribution is 2.18. The predicted octanol–water partition coefficient (Wildman–Crippen LogP) is 3.14. The first-order chi connectivity index (χ1) is 9.72. The zero-order valence-electron chi connectivity index (χ0n) is 11.9. The van der Waals surface area contributed by atoms with E-state index in [0.717, 1.165) is 31.0 Å². The number of H-pyrrole nitrogens is 1. The Hall–Kier alpha value is -2.07. The van der Waals surface area contributed by atoms with Crippen molar-refractivity contribution in [3.05, 3.63) is 53.5 Å². The average Bonchev–Trinajstić information content (AvgIpc) is 3.03. The van der Waals surface area contributed by atoms with Gasteiger partial charge in [0, 0.05) is 29.7 Å². The molecule has 4 nitrogen and oxygen atoms in total. The molecule has 0 aliphatic heterocycles. The van der Waals surface area contributed by atoms with Gasteiger partial charge in [0.15, 0.2) is 5.76 Å². The third-order valence-electron chi connectivity index (χ3n) is 3.54. The summed E-state index contributed by atoms with van der Waals surface area (Å²) in [4.78, 5) is 5.57. The Kier molecular flexibility index (Phi) is 3.56. The largest absolute Gasteiger partial charge is 0.361 e. The molecule has 0 bridgehead atoms. The summed E-state index contributed by atoms with van der Waals surface area (Å²) >= 11 is 0. The Morgan fingerprint density at radius 1 is 1.30 bits per heavy atom. The number of fused-ring (bicyclic) bond motifs is 1. The number of aromatic nitrogens is 2. The minimum atomic E-state index is 0.795. The third kappa shape index (κ3) is 2.75. The Labute approximate surface area is 118 Å². The Balaban J connectivity index is 1.61. The van der Waals surface area contributed by atoms with Crippen LogP contribution in [0.2, 0.25) is 0 Å². The maximum atomic E-state index is 5.24. The molecule has 20 heavy (non-hydrogen) atoms. The number of para-hydroxylation sites is 1. The molecule has 2 heterocycles.